The van der Waals surface area contributed by atoms with Crippen molar-refractivity contribution in [3.8, 4) is 11.3 Å². The van der Waals surface area contributed by atoms with Gasteiger partial charge >= 0.3 is 0 Å². The molecule has 0 aliphatic carbocycles. The van der Waals surface area contributed by atoms with Gasteiger partial charge in [0.15, 0.2) is 5.13 Å². The van der Waals surface area contributed by atoms with Crippen molar-refractivity contribution in [3.63, 3.8) is 0 Å². The number of aliphatic imine (C=N–C) groups is 1. The van der Waals surface area contributed by atoms with Crippen LogP contribution in [0.25, 0.3) is 11.3 Å². The minimum absolute atomic E-state index is 0.0470. The Morgan fingerprint density at radius 1 is 1.38 bits per heavy atom. The van der Waals surface area contributed by atoms with Crippen molar-refractivity contribution >= 4 is 73.5 Å². The molecule has 2 aromatic rings. The normalized spacial score (nSPS) is 13.8. The van der Waals surface area contributed by atoms with Gasteiger partial charge in [-0.1, -0.05) is 46.7 Å². The topological polar surface area (TPSA) is 54.4 Å². The second-order valence-electron chi connectivity index (χ2n) is 4.80. The number of amides is 1. The van der Waals surface area contributed by atoms with Crippen LogP contribution in [0.15, 0.2) is 28.6 Å². The second kappa shape index (κ2) is 8.58. The number of halogens is 2. The predicted octanol–water partition coefficient (Wildman–Crippen LogP) is 5.28. The molecule has 2 heterocycles. The van der Waals surface area contributed by atoms with E-state index in [4.69, 9.17) is 23.2 Å². The van der Waals surface area contributed by atoms with Gasteiger partial charge in [0, 0.05) is 33.9 Å². The molecule has 1 N–H and O–H groups in total. The number of aromatic nitrogens is 1. The summed E-state index contributed by atoms with van der Waals surface area (Å²) in [6, 6.07) is 5.26. The number of nitrogens with zero attached hydrogens (tertiary/aromatic N) is 2. The maximum Gasteiger partial charge on any atom is 0.226 e. The Hall–Kier alpha value is -0.730. The fourth-order valence-electron chi connectivity index (χ4n) is 1.97. The predicted molar refractivity (Wildman–Crippen MR) is 108 cm³/mol. The van der Waals surface area contributed by atoms with E-state index in [1.54, 1.807) is 35.7 Å². The third kappa shape index (κ3) is 4.89. The molecule has 0 saturated heterocycles. The van der Waals surface area contributed by atoms with E-state index in [1.807, 2.05) is 11.4 Å². The van der Waals surface area contributed by atoms with Crippen LogP contribution in [0.3, 0.4) is 0 Å². The van der Waals surface area contributed by atoms with Gasteiger partial charge in [0.25, 0.3) is 0 Å². The van der Waals surface area contributed by atoms with Gasteiger partial charge in [-0.05, 0) is 18.2 Å². The van der Waals surface area contributed by atoms with Crippen LogP contribution in [-0.4, -0.2) is 33.3 Å². The average Bonchev–Trinajstić information content (AvgIpc) is 3.19. The molecule has 24 heavy (non-hydrogen) atoms. The number of thiazole rings is 1. The third-order valence-corrected chi connectivity index (χ3v) is 6.63. The molecule has 0 fully saturated rings. The van der Waals surface area contributed by atoms with Gasteiger partial charge in [-0.3, -0.25) is 9.79 Å². The van der Waals surface area contributed by atoms with Crippen LogP contribution in [0.2, 0.25) is 10.0 Å². The molecule has 1 aromatic carbocycles. The van der Waals surface area contributed by atoms with Gasteiger partial charge in [-0.2, -0.15) is 0 Å². The summed E-state index contributed by atoms with van der Waals surface area (Å²) in [6.07, 6.45) is 0.431. The van der Waals surface area contributed by atoms with Crippen LogP contribution in [0.1, 0.15) is 6.42 Å². The molecule has 1 aliphatic heterocycles. The third-order valence-electron chi connectivity index (χ3n) is 3.07. The maximum atomic E-state index is 12.0. The summed E-state index contributed by atoms with van der Waals surface area (Å²) < 4.78 is 1.08. The molecule has 3 rings (SSSR count). The lowest BCUT2D eigenvalue weighted by molar-refractivity contribution is -0.115. The molecule has 0 unspecified atom stereocenters. The molecule has 1 aliphatic rings. The number of rotatable bonds is 5. The highest BCUT2D eigenvalue weighted by Crippen LogP contribution is 2.32. The highest BCUT2D eigenvalue weighted by Gasteiger charge is 2.12. The Bertz CT molecular complexity index is 779. The van der Waals surface area contributed by atoms with Crippen LogP contribution >= 0.6 is 58.1 Å². The molecule has 0 radical (unpaired) electrons. The lowest BCUT2D eigenvalue weighted by atomic mass is 10.2. The van der Waals surface area contributed by atoms with E-state index < -0.39 is 0 Å². The van der Waals surface area contributed by atoms with Crippen molar-refractivity contribution in [2.45, 2.75) is 6.42 Å². The van der Waals surface area contributed by atoms with Gasteiger partial charge in [0.2, 0.25) is 5.91 Å². The highest BCUT2D eigenvalue weighted by atomic mass is 35.5. The van der Waals surface area contributed by atoms with E-state index in [-0.39, 0.29) is 5.91 Å². The number of benzene rings is 1. The number of hydrogen-bond donors (Lipinski definition) is 1. The summed E-state index contributed by atoms with van der Waals surface area (Å²) in [5, 5.41) is 6.38. The summed E-state index contributed by atoms with van der Waals surface area (Å²) in [4.78, 5) is 20.8. The maximum absolute atomic E-state index is 12.0. The largest absolute Gasteiger partial charge is 0.302 e. The van der Waals surface area contributed by atoms with Crippen molar-refractivity contribution < 1.29 is 4.79 Å². The zero-order chi connectivity index (χ0) is 16.9. The fraction of sp³-hybridized carbons (Fsp3) is 0.267. The van der Waals surface area contributed by atoms with Crippen molar-refractivity contribution in [2.75, 3.05) is 23.4 Å². The summed E-state index contributed by atoms with van der Waals surface area (Å²) in [5.41, 5.74) is 1.52. The summed E-state index contributed by atoms with van der Waals surface area (Å²) in [5.74, 6) is 1.72. The van der Waals surface area contributed by atoms with Crippen LogP contribution in [-0.2, 0) is 4.79 Å². The van der Waals surface area contributed by atoms with Crippen LogP contribution in [0.4, 0.5) is 5.13 Å². The van der Waals surface area contributed by atoms with Crippen molar-refractivity contribution in [1.82, 2.24) is 4.98 Å². The molecule has 0 atom stereocenters. The molecule has 1 amide bonds. The number of nitrogens with one attached hydrogen (secondary N) is 1. The first kappa shape index (κ1) is 18.1. The molecular weight excluding hydrogens is 405 g/mol. The quantitative estimate of drug-likeness (QED) is 0.718. The van der Waals surface area contributed by atoms with E-state index in [9.17, 15) is 4.79 Å². The molecule has 0 saturated carbocycles. The van der Waals surface area contributed by atoms with Crippen LogP contribution in [0, 0.1) is 0 Å². The second-order valence-corrected chi connectivity index (χ2v) is 8.93. The van der Waals surface area contributed by atoms with E-state index in [2.05, 4.69) is 15.3 Å². The van der Waals surface area contributed by atoms with E-state index in [0.717, 1.165) is 33.7 Å². The Balaban J connectivity index is 1.54. The molecule has 0 spiro atoms. The van der Waals surface area contributed by atoms with Gasteiger partial charge in [-0.25, -0.2) is 4.98 Å². The number of hydrogen-bond acceptors (Lipinski definition) is 6. The molecule has 126 valence electrons. The molecule has 0 bridgehead atoms. The Morgan fingerprint density at radius 2 is 2.25 bits per heavy atom. The van der Waals surface area contributed by atoms with E-state index >= 15 is 0 Å². The summed E-state index contributed by atoms with van der Waals surface area (Å²) in [7, 11) is 0. The number of anilines is 1. The van der Waals surface area contributed by atoms with Crippen molar-refractivity contribution in [2.24, 2.45) is 4.99 Å². The Labute approximate surface area is 162 Å². The first-order chi connectivity index (χ1) is 11.6. The fourth-order valence-corrected chi connectivity index (χ4v) is 5.22. The Kier molecular flexibility index (Phi) is 6.46. The molecule has 9 heteroatoms. The monoisotopic (exact) mass is 417 g/mol. The molecule has 1 aromatic heterocycles. The average molecular weight is 418 g/mol. The lowest BCUT2D eigenvalue weighted by Crippen LogP contribution is -2.12. The zero-order valence-corrected chi connectivity index (χ0v) is 16.4. The van der Waals surface area contributed by atoms with Crippen molar-refractivity contribution in [1.29, 1.82) is 0 Å². The number of carbonyl (C=O) groups excluding carboxylic acids is 1. The van der Waals surface area contributed by atoms with Crippen molar-refractivity contribution in [3.05, 3.63) is 33.6 Å². The van der Waals surface area contributed by atoms with Gasteiger partial charge in [0.1, 0.15) is 4.38 Å². The first-order valence-corrected chi connectivity index (χ1v) is 10.7. The standard InChI is InChI=1S/C15H13Cl2N3OS3/c16-9-1-2-10(11(17)7-9)12-8-24-14(19-12)20-13(21)3-5-22-15-18-4-6-23-15/h1-2,7-8H,3-6H2,(H,19,20,21). The molecular formula is C15H13Cl2N3OS3. The SMILES string of the molecule is O=C(CCSC1=NCCS1)Nc1nc(-c2ccc(Cl)cc2Cl)cs1. The van der Waals surface area contributed by atoms with E-state index in [0.29, 0.717) is 21.6 Å². The highest BCUT2D eigenvalue weighted by molar-refractivity contribution is 8.39. The van der Waals surface area contributed by atoms with E-state index in [1.165, 1.54) is 11.3 Å². The minimum Gasteiger partial charge on any atom is -0.302 e. The molecule has 4 nitrogen and oxygen atoms in total. The van der Waals surface area contributed by atoms with Gasteiger partial charge < -0.3 is 5.32 Å². The smallest absolute Gasteiger partial charge is 0.226 e. The van der Waals surface area contributed by atoms with Gasteiger partial charge in [0.05, 0.1) is 17.3 Å². The van der Waals surface area contributed by atoms with Crippen LogP contribution < -0.4 is 5.32 Å². The Morgan fingerprint density at radius 3 is 3.00 bits per heavy atom. The minimum atomic E-state index is -0.0470. The first-order valence-electron chi connectivity index (χ1n) is 7.12. The lowest BCUT2D eigenvalue weighted by Gasteiger charge is -2.02. The zero-order valence-electron chi connectivity index (χ0n) is 12.4. The summed E-state index contributed by atoms with van der Waals surface area (Å²) in [6.45, 7) is 0.883. The van der Waals surface area contributed by atoms with Crippen LogP contribution in [0.5, 0.6) is 0 Å². The number of thioether (sulfide) groups is 2. The van der Waals surface area contributed by atoms with Gasteiger partial charge in [-0.15, -0.1) is 11.3 Å². The summed E-state index contributed by atoms with van der Waals surface area (Å²) >= 11 is 16.8. The number of carbonyl (C=O) groups is 1.